The van der Waals surface area contributed by atoms with E-state index in [0.717, 1.165) is 12.8 Å². The van der Waals surface area contributed by atoms with E-state index in [9.17, 15) is 9.59 Å². The summed E-state index contributed by atoms with van der Waals surface area (Å²) in [7, 11) is 0. The Kier molecular flexibility index (Phi) is 3.25. The van der Waals surface area contributed by atoms with Crippen LogP contribution in [0.1, 0.15) is 19.8 Å². The minimum atomic E-state index is -0.744. The SMILES string of the molecule is CC(N)C(=O)OC(=O)N1CCCC1. The van der Waals surface area contributed by atoms with Gasteiger partial charge in [-0.1, -0.05) is 0 Å². The van der Waals surface area contributed by atoms with Crippen LogP contribution in [0, 0.1) is 0 Å². The molecule has 0 bridgehead atoms. The van der Waals surface area contributed by atoms with Gasteiger partial charge >= 0.3 is 12.1 Å². The highest BCUT2D eigenvalue weighted by Crippen LogP contribution is 2.08. The monoisotopic (exact) mass is 186 g/mol. The number of hydrogen-bond acceptors (Lipinski definition) is 4. The number of likely N-dealkylation sites (tertiary alicyclic amines) is 1. The second-order valence-electron chi connectivity index (χ2n) is 3.17. The number of ether oxygens (including phenoxy) is 1. The maximum absolute atomic E-state index is 11.2. The lowest BCUT2D eigenvalue weighted by molar-refractivity contribution is -0.139. The molecule has 5 heteroatoms. The van der Waals surface area contributed by atoms with Gasteiger partial charge in [0.15, 0.2) is 0 Å². The molecule has 1 heterocycles. The molecule has 1 fully saturated rings. The molecule has 1 atom stereocenters. The Morgan fingerprint density at radius 3 is 2.38 bits per heavy atom. The summed E-state index contributed by atoms with van der Waals surface area (Å²) in [6.07, 6.45) is 1.38. The van der Waals surface area contributed by atoms with Gasteiger partial charge in [0.1, 0.15) is 6.04 Å². The number of rotatable bonds is 1. The predicted octanol–water partition coefficient (Wildman–Crippen LogP) is 0.0926. The van der Waals surface area contributed by atoms with Crippen LogP contribution < -0.4 is 5.73 Å². The number of carbonyl (C=O) groups is 2. The highest BCUT2D eigenvalue weighted by Gasteiger charge is 2.22. The van der Waals surface area contributed by atoms with Crippen molar-refractivity contribution in [1.29, 1.82) is 0 Å². The minimum absolute atomic E-state index is 0.570. The van der Waals surface area contributed by atoms with E-state index in [0.29, 0.717) is 13.1 Å². The van der Waals surface area contributed by atoms with Gasteiger partial charge in [-0.15, -0.1) is 0 Å². The number of esters is 1. The van der Waals surface area contributed by atoms with E-state index in [4.69, 9.17) is 5.73 Å². The van der Waals surface area contributed by atoms with Crippen molar-refractivity contribution < 1.29 is 14.3 Å². The summed E-state index contributed by atoms with van der Waals surface area (Å²) in [5.41, 5.74) is 5.24. The third-order valence-corrected chi connectivity index (χ3v) is 1.92. The van der Waals surface area contributed by atoms with Crippen LogP contribution in [0.2, 0.25) is 0 Å². The van der Waals surface area contributed by atoms with Crippen LogP contribution in [-0.4, -0.2) is 36.1 Å². The minimum Gasteiger partial charge on any atom is -0.375 e. The van der Waals surface area contributed by atoms with E-state index in [1.165, 1.54) is 11.8 Å². The van der Waals surface area contributed by atoms with Crippen LogP contribution in [0.3, 0.4) is 0 Å². The highest BCUT2D eigenvalue weighted by molar-refractivity contribution is 5.87. The first-order valence-corrected chi connectivity index (χ1v) is 4.37. The summed E-state index contributed by atoms with van der Waals surface area (Å²) in [5, 5.41) is 0. The molecule has 1 aliphatic heterocycles. The average molecular weight is 186 g/mol. The fraction of sp³-hybridized carbons (Fsp3) is 0.750. The van der Waals surface area contributed by atoms with Gasteiger partial charge < -0.3 is 15.4 Å². The molecule has 1 saturated heterocycles. The molecule has 0 spiro atoms. The Labute approximate surface area is 76.8 Å². The van der Waals surface area contributed by atoms with Crippen LogP contribution in [0.15, 0.2) is 0 Å². The molecule has 0 saturated carbocycles. The molecule has 2 N–H and O–H groups in total. The molecule has 1 amide bonds. The highest BCUT2D eigenvalue weighted by atomic mass is 16.6. The first-order chi connectivity index (χ1) is 6.11. The molecule has 74 valence electrons. The Hall–Kier alpha value is -1.10. The Balaban J connectivity index is 2.36. The van der Waals surface area contributed by atoms with Gasteiger partial charge in [-0.25, -0.2) is 9.59 Å². The van der Waals surface area contributed by atoms with Gasteiger partial charge in [0.2, 0.25) is 0 Å². The summed E-state index contributed by atoms with van der Waals surface area (Å²) in [4.78, 5) is 23.6. The number of amides is 1. The quantitative estimate of drug-likeness (QED) is 0.465. The summed E-state index contributed by atoms with van der Waals surface area (Å²) in [6, 6.07) is -0.744. The lowest BCUT2D eigenvalue weighted by Crippen LogP contribution is -2.36. The predicted molar refractivity (Wildman–Crippen MR) is 45.9 cm³/mol. The smallest absolute Gasteiger partial charge is 0.375 e. The average Bonchev–Trinajstić information content (AvgIpc) is 2.55. The maximum atomic E-state index is 11.2. The van der Waals surface area contributed by atoms with E-state index in [-0.39, 0.29) is 0 Å². The zero-order valence-electron chi connectivity index (χ0n) is 7.66. The van der Waals surface area contributed by atoms with E-state index >= 15 is 0 Å². The van der Waals surface area contributed by atoms with Gasteiger partial charge in [0.05, 0.1) is 0 Å². The number of carbonyl (C=O) groups excluding carboxylic acids is 2. The third kappa shape index (κ3) is 2.69. The van der Waals surface area contributed by atoms with Gasteiger partial charge in [0.25, 0.3) is 0 Å². The molecule has 0 aromatic carbocycles. The van der Waals surface area contributed by atoms with Crippen molar-refractivity contribution in [1.82, 2.24) is 4.90 Å². The van der Waals surface area contributed by atoms with Gasteiger partial charge in [0, 0.05) is 13.1 Å². The molecule has 5 nitrogen and oxygen atoms in total. The summed E-state index contributed by atoms with van der Waals surface area (Å²) >= 11 is 0. The summed E-state index contributed by atoms with van der Waals surface area (Å²) in [5.74, 6) is -0.670. The van der Waals surface area contributed by atoms with Crippen molar-refractivity contribution >= 4 is 12.1 Å². The molecule has 1 unspecified atom stereocenters. The largest absolute Gasteiger partial charge is 0.417 e. The van der Waals surface area contributed by atoms with Crippen molar-refractivity contribution in [2.45, 2.75) is 25.8 Å². The first-order valence-electron chi connectivity index (χ1n) is 4.37. The van der Waals surface area contributed by atoms with Crippen molar-refractivity contribution in [3.8, 4) is 0 Å². The Morgan fingerprint density at radius 2 is 1.92 bits per heavy atom. The lowest BCUT2D eigenvalue weighted by atomic mass is 10.4. The summed E-state index contributed by atoms with van der Waals surface area (Å²) < 4.78 is 4.52. The molecule has 0 aliphatic carbocycles. The molecule has 0 radical (unpaired) electrons. The zero-order valence-corrected chi connectivity index (χ0v) is 7.66. The topological polar surface area (TPSA) is 72.6 Å². The third-order valence-electron chi connectivity index (χ3n) is 1.92. The number of nitrogens with zero attached hydrogens (tertiary/aromatic N) is 1. The second-order valence-corrected chi connectivity index (χ2v) is 3.17. The fourth-order valence-corrected chi connectivity index (χ4v) is 1.14. The van der Waals surface area contributed by atoms with Crippen LogP contribution in [-0.2, 0) is 9.53 Å². The molecule has 0 aromatic heterocycles. The number of hydrogen-bond donors (Lipinski definition) is 1. The van der Waals surface area contributed by atoms with E-state index in [1.54, 1.807) is 0 Å². The molecular formula is C8H14N2O3. The number of nitrogens with two attached hydrogens (primary N) is 1. The maximum Gasteiger partial charge on any atom is 0.417 e. The van der Waals surface area contributed by atoms with E-state index in [2.05, 4.69) is 4.74 Å². The lowest BCUT2D eigenvalue weighted by Gasteiger charge is -2.14. The van der Waals surface area contributed by atoms with Crippen LogP contribution in [0.4, 0.5) is 4.79 Å². The van der Waals surface area contributed by atoms with Crippen molar-refractivity contribution in [2.75, 3.05) is 13.1 Å². The molecule has 1 aliphatic rings. The zero-order chi connectivity index (χ0) is 9.84. The molecule has 1 rings (SSSR count). The van der Waals surface area contributed by atoms with Crippen molar-refractivity contribution in [2.24, 2.45) is 5.73 Å². The van der Waals surface area contributed by atoms with Crippen LogP contribution in [0.5, 0.6) is 0 Å². The van der Waals surface area contributed by atoms with Gasteiger partial charge in [-0.3, -0.25) is 0 Å². The Bertz CT molecular complexity index is 209. The molecule has 13 heavy (non-hydrogen) atoms. The van der Waals surface area contributed by atoms with Crippen LogP contribution >= 0.6 is 0 Å². The standard InChI is InChI=1S/C8H14N2O3/c1-6(9)7(11)13-8(12)10-4-2-3-5-10/h6H,2-5,9H2,1H3. The van der Waals surface area contributed by atoms with Crippen molar-refractivity contribution in [3.05, 3.63) is 0 Å². The Morgan fingerprint density at radius 1 is 1.38 bits per heavy atom. The molecular weight excluding hydrogens is 172 g/mol. The first kappa shape index (κ1) is 9.98. The normalized spacial score (nSPS) is 18.5. The van der Waals surface area contributed by atoms with E-state index < -0.39 is 18.1 Å². The fourth-order valence-electron chi connectivity index (χ4n) is 1.14. The van der Waals surface area contributed by atoms with Gasteiger partial charge in [-0.05, 0) is 19.8 Å². The van der Waals surface area contributed by atoms with Crippen molar-refractivity contribution in [3.63, 3.8) is 0 Å². The summed E-state index contributed by atoms with van der Waals surface area (Å²) in [6.45, 7) is 2.83. The second kappa shape index (κ2) is 4.23. The molecule has 0 aromatic rings. The van der Waals surface area contributed by atoms with E-state index in [1.807, 2.05) is 0 Å². The van der Waals surface area contributed by atoms with Crippen LogP contribution in [0.25, 0.3) is 0 Å². The van der Waals surface area contributed by atoms with Gasteiger partial charge in [-0.2, -0.15) is 0 Å².